The van der Waals surface area contributed by atoms with Crippen LogP contribution in [0.25, 0.3) is 0 Å². The maximum absolute atomic E-state index is 13.2. The normalized spacial score (nSPS) is 13.5. The van der Waals surface area contributed by atoms with Crippen LogP contribution in [0, 0.1) is 6.92 Å². The van der Waals surface area contributed by atoms with E-state index in [1.165, 1.54) is 25.3 Å². The number of amides is 1. The van der Waals surface area contributed by atoms with Crippen molar-refractivity contribution in [2.24, 2.45) is 0 Å². The number of benzene rings is 3. The van der Waals surface area contributed by atoms with Gasteiger partial charge < -0.3 is 19.9 Å². The monoisotopic (exact) mass is 473 g/mol. The Morgan fingerprint density at radius 1 is 0.971 bits per heavy atom. The number of fused-ring (bicyclic) bond motifs is 1. The van der Waals surface area contributed by atoms with E-state index in [1.807, 2.05) is 49.4 Å². The minimum atomic E-state index is -1.44. The summed E-state index contributed by atoms with van der Waals surface area (Å²) < 4.78 is 10.7. The molecular weight excluding hydrogens is 446 g/mol. The van der Waals surface area contributed by atoms with E-state index in [4.69, 9.17) is 9.47 Å². The summed E-state index contributed by atoms with van der Waals surface area (Å²) in [6, 6.07) is 19.8. The Bertz CT molecular complexity index is 1260. The van der Waals surface area contributed by atoms with Crippen molar-refractivity contribution >= 4 is 17.8 Å². The van der Waals surface area contributed by atoms with Crippen molar-refractivity contribution in [2.45, 2.75) is 31.7 Å². The van der Waals surface area contributed by atoms with Crippen LogP contribution in [0.2, 0.25) is 0 Å². The average molecular weight is 474 g/mol. The van der Waals surface area contributed by atoms with Crippen molar-refractivity contribution < 1.29 is 29.0 Å². The molecule has 3 aromatic carbocycles. The minimum absolute atomic E-state index is 0.189. The molecule has 0 bridgehead atoms. The van der Waals surface area contributed by atoms with Gasteiger partial charge in [-0.3, -0.25) is 4.79 Å². The van der Waals surface area contributed by atoms with E-state index in [0.29, 0.717) is 6.42 Å². The van der Waals surface area contributed by atoms with Crippen molar-refractivity contribution in [2.75, 3.05) is 13.7 Å². The summed E-state index contributed by atoms with van der Waals surface area (Å²) in [6.07, 6.45) is 1.01. The van der Waals surface area contributed by atoms with Gasteiger partial charge in [-0.05, 0) is 41.8 Å². The topological polar surface area (TPSA) is 102 Å². The summed E-state index contributed by atoms with van der Waals surface area (Å²) >= 11 is 0. The number of aliphatic carboxylic acids is 1. The molecular formula is C28H27NO6. The number of ether oxygens (including phenoxy) is 2. The van der Waals surface area contributed by atoms with Gasteiger partial charge in [-0.25, -0.2) is 9.59 Å². The third kappa shape index (κ3) is 5.19. The second kappa shape index (κ2) is 10.0. The zero-order valence-electron chi connectivity index (χ0n) is 19.7. The number of esters is 1. The van der Waals surface area contributed by atoms with Crippen LogP contribution in [0.3, 0.4) is 0 Å². The molecule has 0 aliphatic heterocycles. The molecule has 1 aliphatic carbocycles. The lowest BCUT2D eigenvalue weighted by atomic mass is 9.95. The summed E-state index contributed by atoms with van der Waals surface area (Å²) in [7, 11) is 1.27. The van der Waals surface area contributed by atoms with Gasteiger partial charge in [-0.15, -0.1) is 0 Å². The van der Waals surface area contributed by atoms with Crippen LogP contribution in [0.1, 0.15) is 43.0 Å². The number of carboxylic acids is 1. The van der Waals surface area contributed by atoms with Gasteiger partial charge in [0.2, 0.25) is 0 Å². The highest BCUT2D eigenvalue weighted by atomic mass is 16.5. The molecule has 0 fully saturated rings. The van der Waals surface area contributed by atoms with Crippen molar-refractivity contribution in [3.8, 4) is 5.75 Å². The van der Waals surface area contributed by atoms with E-state index in [2.05, 4.69) is 11.4 Å². The molecule has 35 heavy (non-hydrogen) atoms. The molecule has 0 spiro atoms. The Morgan fingerprint density at radius 2 is 1.69 bits per heavy atom. The largest absolute Gasteiger partial charge is 0.492 e. The van der Waals surface area contributed by atoms with Gasteiger partial charge in [0.1, 0.15) is 16.9 Å². The van der Waals surface area contributed by atoms with Gasteiger partial charge in [-0.2, -0.15) is 0 Å². The van der Waals surface area contributed by atoms with Crippen LogP contribution >= 0.6 is 0 Å². The first kappa shape index (κ1) is 24.0. The molecule has 2 N–H and O–H groups in total. The third-order valence-corrected chi connectivity index (χ3v) is 6.24. The Hall–Kier alpha value is -4.13. The summed E-state index contributed by atoms with van der Waals surface area (Å²) in [5.41, 5.74) is 2.97. The maximum Gasteiger partial charge on any atom is 0.341 e. The van der Waals surface area contributed by atoms with Gasteiger partial charge in [0.05, 0.1) is 13.7 Å². The van der Waals surface area contributed by atoms with E-state index in [9.17, 15) is 19.5 Å². The molecule has 0 saturated carbocycles. The van der Waals surface area contributed by atoms with Gasteiger partial charge in [0.15, 0.2) is 0 Å². The number of nitrogens with one attached hydrogen (secondary N) is 1. The molecule has 7 heteroatoms. The lowest BCUT2D eigenvalue weighted by Crippen LogP contribution is -2.55. The Morgan fingerprint density at radius 3 is 2.31 bits per heavy atom. The quantitative estimate of drug-likeness (QED) is 0.483. The van der Waals surface area contributed by atoms with Gasteiger partial charge in [-0.1, -0.05) is 54.1 Å². The number of carbonyl (C=O) groups is 3. The molecule has 0 aromatic heterocycles. The molecule has 0 unspecified atom stereocenters. The smallest absolute Gasteiger partial charge is 0.341 e. The molecule has 1 aliphatic rings. The zero-order chi connectivity index (χ0) is 25.0. The van der Waals surface area contributed by atoms with E-state index in [-0.39, 0.29) is 36.3 Å². The number of hydrogen-bond donors (Lipinski definition) is 2. The van der Waals surface area contributed by atoms with E-state index < -0.39 is 23.4 Å². The molecule has 180 valence electrons. The Balaban J connectivity index is 1.54. The third-order valence-electron chi connectivity index (χ3n) is 6.24. The SMILES string of the molecule is COC(=O)c1ccc(C(=O)NC2(C(=O)O)Cc3ccccc3C2)cc1OCCc1cccc(C)c1. The zero-order valence-corrected chi connectivity index (χ0v) is 19.7. The Kier molecular flexibility index (Phi) is 6.87. The van der Waals surface area contributed by atoms with E-state index >= 15 is 0 Å². The lowest BCUT2D eigenvalue weighted by molar-refractivity contribution is -0.144. The predicted molar refractivity (Wildman–Crippen MR) is 130 cm³/mol. The molecule has 1 amide bonds. The first-order valence-corrected chi connectivity index (χ1v) is 11.3. The van der Waals surface area contributed by atoms with Crippen LogP contribution in [-0.4, -0.2) is 42.2 Å². The lowest BCUT2D eigenvalue weighted by Gasteiger charge is -2.25. The van der Waals surface area contributed by atoms with Crippen molar-refractivity contribution in [1.82, 2.24) is 5.32 Å². The number of rotatable bonds is 8. The van der Waals surface area contributed by atoms with Crippen LogP contribution in [0.5, 0.6) is 5.75 Å². The van der Waals surface area contributed by atoms with Gasteiger partial charge >= 0.3 is 11.9 Å². The fourth-order valence-corrected chi connectivity index (χ4v) is 4.41. The first-order valence-electron chi connectivity index (χ1n) is 11.3. The second-order valence-corrected chi connectivity index (χ2v) is 8.75. The molecule has 7 nitrogen and oxygen atoms in total. The highest BCUT2D eigenvalue weighted by molar-refractivity contribution is 6.00. The second-order valence-electron chi connectivity index (χ2n) is 8.75. The summed E-state index contributed by atoms with van der Waals surface area (Å²) in [6.45, 7) is 2.29. The van der Waals surface area contributed by atoms with Crippen LogP contribution in [0.4, 0.5) is 0 Å². The molecule has 0 saturated heterocycles. The van der Waals surface area contributed by atoms with Gasteiger partial charge in [0, 0.05) is 24.8 Å². The van der Waals surface area contributed by atoms with Crippen molar-refractivity contribution in [3.05, 3.63) is 100 Å². The van der Waals surface area contributed by atoms with Crippen LogP contribution in [-0.2, 0) is 28.8 Å². The number of aryl methyl sites for hydroxylation is 1. The van der Waals surface area contributed by atoms with E-state index in [1.54, 1.807) is 0 Å². The summed E-state index contributed by atoms with van der Waals surface area (Å²) in [4.78, 5) is 37.6. The number of methoxy groups -OCH3 is 1. The van der Waals surface area contributed by atoms with Crippen molar-refractivity contribution in [1.29, 1.82) is 0 Å². The molecule has 4 rings (SSSR count). The van der Waals surface area contributed by atoms with Gasteiger partial charge in [0.25, 0.3) is 5.91 Å². The van der Waals surface area contributed by atoms with E-state index in [0.717, 1.165) is 22.3 Å². The standard InChI is InChI=1S/C28H27NO6/c1-18-6-5-7-19(14-18)12-13-35-24-15-20(10-11-23(24)26(31)34-2)25(30)29-28(27(32)33)16-21-8-3-4-9-22(21)17-28/h3-11,14-15H,12-13,16-17H2,1-2H3,(H,29,30)(H,32,33). The first-order chi connectivity index (χ1) is 16.8. The van der Waals surface area contributed by atoms with Crippen LogP contribution in [0.15, 0.2) is 66.7 Å². The molecule has 3 aromatic rings. The fraction of sp³-hybridized carbons (Fsp3) is 0.250. The Labute approximate surface area is 203 Å². The molecule has 0 radical (unpaired) electrons. The number of carboxylic acid groups (broad SMARTS) is 1. The van der Waals surface area contributed by atoms with Crippen molar-refractivity contribution in [3.63, 3.8) is 0 Å². The summed E-state index contributed by atoms with van der Waals surface area (Å²) in [5, 5.41) is 12.7. The fourth-order valence-electron chi connectivity index (χ4n) is 4.41. The average Bonchev–Trinajstić information content (AvgIpc) is 3.23. The molecule has 0 heterocycles. The maximum atomic E-state index is 13.2. The predicted octanol–water partition coefficient (Wildman–Crippen LogP) is 3.76. The van der Waals surface area contributed by atoms with Crippen LogP contribution < -0.4 is 10.1 Å². The molecule has 0 atom stereocenters. The number of carbonyl (C=O) groups excluding carboxylic acids is 2. The summed E-state index contributed by atoms with van der Waals surface area (Å²) in [5.74, 6) is -2.03. The number of hydrogen-bond acceptors (Lipinski definition) is 5. The highest BCUT2D eigenvalue weighted by Gasteiger charge is 2.45. The highest BCUT2D eigenvalue weighted by Crippen LogP contribution is 2.31. The minimum Gasteiger partial charge on any atom is -0.492 e.